The van der Waals surface area contributed by atoms with Gasteiger partial charge in [0.2, 0.25) is 0 Å². The molecule has 1 unspecified atom stereocenters. The van der Waals surface area contributed by atoms with Gasteiger partial charge in [0.25, 0.3) is 0 Å². The summed E-state index contributed by atoms with van der Waals surface area (Å²) in [7, 11) is 4.86. The zero-order valence-corrected chi connectivity index (χ0v) is 14.4. The summed E-state index contributed by atoms with van der Waals surface area (Å²) in [5, 5.41) is -0.414. The molecular formula is C16H16BrClO3. The van der Waals surface area contributed by atoms with Gasteiger partial charge in [0.05, 0.1) is 26.7 Å². The molecule has 21 heavy (non-hydrogen) atoms. The van der Waals surface area contributed by atoms with E-state index in [1.165, 1.54) is 0 Å². The molecule has 0 spiro atoms. The molecule has 2 rings (SSSR count). The van der Waals surface area contributed by atoms with E-state index >= 15 is 0 Å². The monoisotopic (exact) mass is 370 g/mol. The Kier molecular flexibility index (Phi) is 5.37. The number of hydrogen-bond acceptors (Lipinski definition) is 3. The maximum atomic E-state index is 6.66. The minimum absolute atomic E-state index is 0.414. The lowest BCUT2D eigenvalue weighted by atomic mass is 10.0. The molecule has 1 atom stereocenters. The summed E-state index contributed by atoms with van der Waals surface area (Å²) in [6.07, 6.45) is 0. The van der Waals surface area contributed by atoms with Gasteiger partial charge in [-0.2, -0.15) is 0 Å². The first kappa shape index (κ1) is 16.0. The van der Waals surface area contributed by atoms with Crippen molar-refractivity contribution in [2.45, 2.75) is 5.38 Å². The minimum atomic E-state index is -0.414. The Hall–Kier alpha value is -1.39. The molecule has 0 heterocycles. The number of halogens is 2. The van der Waals surface area contributed by atoms with Gasteiger partial charge >= 0.3 is 0 Å². The molecule has 2 aromatic carbocycles. The van der Waals surface area contributed by atoms with Gasteiger partial charge in [-0.3, -0.25) is 0 Å². The van der Waals surface area contributed by atoms with Crippen LogP contribution in [0, 0.1) is 0 Å². The summed E-state index contributed by atoms with van der Waals surface area (Å²) in [5.74, 6) is 2.16. The minimum Gasteiger partial charge on any atom is -0.497 e. The van der Waals surface area contributed by atoms with Crippen molar-refractivity contribution in [1.82, 2.24) is 0 Å². The maximum absolute atomic E-state index is 6.66. The Bertz CT molecular complexity index is 631. The molecular weight excluding hydrogens is 356 g/mol. The fourth-order valence-corrected chi connectivity index (χ4v) is 2.83. The van der Waals surface area contributed by atoms with Crippen LogP contribution in [0.4, 0.5) is 0 Å². The van der Waals surface area contributed by atoms with Crippen LogP contribution in [0.15, 0.2) is 40.9 Å². The Morgan fingerprint density at radius 3 is 2.00 bits per heavy atom. The lowest BCUT2D eigenvalue weighted by molar-refractivity contribution is 0.397. The third-order valence-electron chi connectivity index (χ3n) is 3.17. The van der Waals surface area contributed by atoms with Gasteiger partial charge in [-0.25, -0.2) is 0 Å². The molecule has 0 aromatic heterocycles. The molecule has 0 N–H and O–H groups in total. The van der Waals surface area contributed by atoms with Gasteiger partial charge < -0.3 is 14.2 Å². The summed E-state index contributed by atoms with van der Waals surface area (Å²) in [4.78, 5) is 0. The number of hydrogen-bond donors (Lipinski definition) is 0. The van der Waals surface area contributed by atoms with Gasteiger partial charge in [0.1, 0.15) is 17.2 Å². The zero-order valence-electron chi connectivity index (χ0n) is 12.0. The molecule has 0 aliphatic rings. The lowest BCUT2D eigenvalue weighted by Gasteiger charge is -2.18. The molecule has 0 amide bonds. The molecule has 0 fully saturated rings. The van der Waals surface area contributed by atoms with Crippen molar-refractivity contribution in [3.05, 3.63) is 52.0 Å². The highest BCUT2D eigenvalue weighted by atomic mass is 79.9. The topological polar surface area (TPSA) is 27.7 Å². The Morgan fingerprint density at radius 1 is 0.857 bits per heavy atom. The normalized spacial score (nSPS) is 11.9. The second kappa shape index (κ2) is 7.05. The fraction of sp³-hybridized carbons (Fsp3) is 0.250. The van der Waals surface area contributed by atoms with Crippen LogP contribution in [0.5, 0.6) is 17.2 Å². The second-order valence-electron chi connectivity index (χ2n) is 4.36. The van der Waals surface area contributed by atoms with Crippen LogP contribution < -0.4 is 14.2 Å². The molecule has 2 aromatic rings. The fourth-order valence-electron chi connectivity index (χ4n) is 2.11. The van der Waals surface area contributed by atoms with Crippen molar-refractivity contribution in [2.24, 2.45) is 0 Å². The zero-order chi connectivity index (χ0) is 15.4. The van der Waals surface area contributed by atoms with Gasteiger partial charge in [-0.05, 0) is 36.4 Å². The quantitative estimate of drug-likeness (QED) is 0.706. The Labute approximate surface area is 137 Å². The molecule has 0 radical (unpaired) electrons. The molecule has 5 heteroatoms. The van der Waals surface area contributed by atoms with Crippen molar-refractivity contribution in [2.75, 3.05) is 21.3 Å². The predicted molar refractivity (Wildman–Crippen MR) is 87.9 cm³/mol. The summed E-state index contributed by atoms with van der Waals surface area (Å²) in [6.45, 7) is 0. The van der Waals surface area contributed by atoms with E-state index in [0.29, 0.717) is 5.75 Å². The van der Waals surface area contributed by atoms with Crippen molar-refractivity contribution in [3.63, 3.8) is 0 Å². The molecule has 0 aliphatic heterocycles. The van der Waals surface area contributed by atoms with E-state index in [0.717, 1.165) is 27.1 Å². The maximum Gasteiger partial charge on any atom is 0.124 e. The first-order valence-corrected chi connectivity index (χ1v) is 7.53. The highest BCUT2D eigenvalue weighted by Gasteiger charge is 2.20. The van der Waals surface area contributed by atoms with E-state index in [2.05, 4.69) is 15.9 Å². The second-order valence-corrected chi connectivity index (χ2v) is 5.71. The van der Waals surface area contributed by atoms with Crippen molar-refractivity contribution < 1.29 is 14.2 Å². The molecule has 0 aliphatic carbocycles. The predicted octanol–water partition coefficient (Wildman–Crippen LogP) is 4.80. The van der Waals surface area contributed by atoms with Crippen LogP contribution in [0.3, 0.4) is 0 Å². The highest BCUT2D eigenvalue weighted by Crippen LogP contribution is 2.41. The number of alkyl halides is 1. The number of benzene rings is 2. The standard InChI is InChI=1S/C16H16BrClO3/c1-19-11-5-7-15(21-3)13(9-11)16(18)12-8-10(17)4-6-14(12)20-2/h4-9,16H,1-3H3. The number of ether oxygens (including phenoxy) is 3. The average Bonchev–Trinajstić information content (AvgIpc) is 2.53. The molecule has 0 saturated carbocycles. The molecule has 0 bridgehead atoms. The highest BCUT2D eigenvalue weighted by molar-refractivity contribution is 9.10. The molecule has 3 nitrogen and oxygen atoms in total. The first-order chi connectivity index (χ1) is 10.1. The van der Waals surface area contributed by atoms with Gasteiger partial charge in [0.15, 0.2) is 0 Å². The molecule has 0 saturated heterocycles. The van der Waals surface area contributed by atoms with E-state index in [1.807, 2.05) is 36.4 Å². The van der Waals surface area contributed by atoms with Crippen LogP contribution in [-0.4, -0.2) is 21.3 Å². The number of rotatable bonds is 5. The van der Waals surface area contributed by atoms with E-state index in [4.69, 9.17) is 25.8 Å². The van der Waals surface area contributed by atoms with Gasteiger partial charge in [-0.1, -0.05) is 15.9 Å². The Morgan fingerprint density at radius 2 is 1.43 bits per heavy atom. The van der Waals surface area contributed by atoms with Crippen LogP contribution in [0.2, 0.25) is 0 Å². The van der Waals surface area contributed by atoms with E-state index in [-0.39, 0.29) is 0 Å². The Balaban J connectivity index is 2.53. The average molecular weight is 372 g/mol. The smallest absolute Gasteiger partial charge is 0.124 e. The summed E-state index contributed by atoms with van der Waals surface area (Å²) < 4.78 is 17.0. The molecule has 112 valence electrons. The summed E-state index contributed by atoms with van der Waals surface area (Å²) >= 11 is 10.1. The van der Waals surface area contributed by atoms with E-state index < -0.39 is 5.38 Å². The first-order valence-electron chi connectivity index (χ1n) is 6.30. The van der Waals surface area contributed by atoms with Crippen LogP contribution in [0.25, 0.3) is 0 Å². The number of methoxy groups -OCH3 is 3. The third-order valence-corrected chi connectivity index (χ3v) is 4.14. The third kappa shape index (κ3) is 3.44. The van der Waals surface area contributed by atoms with Crippen molar-refractivity contribution >= 4 is 27.5 Å². The van der Waals surface area contributed by atoms with Crippen LogP contribution in [0.1, 0.15) is 16.5 Å². The van der Waals surface area contributed by atoms with Crippen molar-refractivity contribution in [3.8, 4) is 17.2 Å². The van der Waals surface area contributed by atoms with Crippen molar-refractivity contribution in [1.29, 1.82) is 0 Å². The van der Waals surface area contributed by atoms with Gasteiger partial charge in [0, 0.05) is 15.6 Å². The van der Waals surface area contributed by atoms with Crippen LogP contribution in [-0.2, 0) is 0 Å². The largest absolute Gasteiger partial charge is 0.497 e. The summed E-state index contributed by atoms with van der Waals surface area (Å²) in [5.41, 5.74) is 1.69. The van der Waals surface area contributed by atoms with Crippen LogP contribution >= 0.6 is 27.5 Å². The SMILES string of the molecule is COc1ccc(OC)c(C(Cl)c2cc(Br)ccc2OC)c1. The van der Waals surface area contributed by atoms with Gasteiger partial charge in [-0.15, -0.1) is 11.6 Å². The van der Waals surface area contributed by atoms with E-state index in [1.54, 1.807) is 21.3 Å². The lowest BCUT2D eigenvalue weighted by Crippen LogP contribution is -2.01. The van der Waals surface area contributed by atoms with E-state index in [9.17, 15) is 0 Å². The summed E-state index contributed by atoms with van der Waals surface area (Å²) in [6, 6.07) is 11.3.